The Kier molecular flexibility index (Phi) is 3.02. The number of ether oxygens (including phenoxy) is 1. The molecule has 1 rings (SSSR count). The van der Waals surface area contributed by atoms with Crippen molar-refractivity contribution in [3.63, 3.8) is 0 Å². The molecule has 0 fully saturated rings. The van der Waals surface area contributed by atoms with E-state index in [4.69, 9.17) is 14.4 Å². The Hall–Kier alpha value is -1.36. The Morgan fingerprint density at radius 3 is 2.85 bits per heavy atom. The van der Waals surface area contributed by atoms with Crippen molar-refractivity contribution in [1.82, 2.24) is 5.16 Å². The van der Waals surface area contributed by atoms with E-state index >= 15 is 0 Å². The lowest BCUT2D eigenvalue weighted by Gasteiger charge is -1.97. The van der Waals surface area contributed by atoms with E-state index in [-0.39, 0.29) is 12.3 Å². The topological polar surface area (TPSA) is 72.6 Å². The minimum atomic E-state index is -0.525. The molecule has 5 heteroatoms. The molecule has 0 amide bonds. The van der Waals surface area contributed by atoms with Gasteiger partial charge in [0.1, 0.15) is 6.61 Å². The molecule has 0 aliphatic heterocycles. The number of carbonyl (C=O) groups excluding carboxylic acids is 1. The summed E-state index contributed by atoms with van der Waals surface area (Å²) in [7, 11) is 0. The van der Waals surface area contributed by atoms with Gasteiger partial charge in [-0.05, 0) is 13.8 Å². The lowest BCUT2D eigenvalue weighted by molar-refractivity contribution is 0.0513. The molecule has 0 radical (unpaired) electrons. The zero-order valence-electron chi connectivity index (χ0n) is 7.53. The van der Waals surface area contributed by atoms with Gasteiger partial charge >= 0.3 is 5.97 Å². The van der Waals surface area contributed by atoms with E-state index in [0.717, 1.165) is 0 Å². The number of hydrogen-bond acceptors (Lipinski definition) is 5. The SMILES string of the molecule is CCOC(=O)c1noc(CO)c1C. The van der Waals surface area contributed by atoms with Crippen LogP contribution >= 0.6 is 0 Å². The van der Waals surface area contributed by atoms with Crippen LogP contribution in [0.25, 0.3) is 0 Å². The first-order valence-electron chi connectivity index (χ1n) is 3.93. The summed E-state index contributed by atoms with van der Waals surface area (Å²) in [5.41, 5.74) is 0.659. The van der Waals surface area contributed by atoms with Gasteiger partial charge in [0.2, 0.25) is 0 Å². The van der Waals surface area contributed by atoms with Crippen LogP contribution in [0.3, 0.4) is 0 Å². The maximum Gasteiger partial charge on any atom is 0.360 e. The molecule has 0 aromatic carbocycles. The molecule has 0 spiro atoms. The van der Waals surface area contributed by atoms with Gasteiger partial charge in [-0.25, -0.2) is 4.79 Å². The van der Waals surface area contributed by atoms with Gasteiger partial charge in [-0.2, -0.15) is 0 Å². The summed E-state index contributed by atoms with van der Waals surface area (Å²) in [5.74, 6) is -0.230. The van der Waals surface area contributed by atoms with Crippen molar-refractivity contribution in [3.8, 4) is 0 Å². The second-order valence-corrected chi connectivity index (χ2v) is 2.46. The van der Waals surface area contributed by atoms with Crippen molar-refractivity contribution in [2.45, 2.75) is 20.5 Å². The van der Waals surface area contributed by atoms with Gasteiger partial charge in [0.25, 0.3) is 0 Å². The van der Waals surface area contributed by atoms with E-state index in [9.17, 15) is 4.79 Å². The van der Waals surface area contributed by atoms with E-state index in [1.54, 1.807) is 13.8 Å². The molecule has 0 atom stereocenters. The predicted octanol–water partition coefficient (Wildman–Crippen LogP) is 0.652. The summed E-state index contributed by atoms with van der Waals surface area (Å²) in [5, 5.41) is 12.3. The van der Waals surface area contributed by atoms with Crippen molar-refractivity contribution >= 4 is 5.97 Å². The van der Waals surface area contributed by atoms with Crippen LogP contribution in [0.1, 0.15) is 28.7 Å². The molecule has 0 saturated carbocycles. The number of nitrogens with zero attached hydrogens (tertiary/aromatic N) is 1. The lowest BCUT2D eigenvalue weighted by Crippen LogP contribution is -2.06. The van der Waals surface area contributed by atoms with Crippen LogP contribution in [0, 0.1) is 6.92 Å². The number of rotatable bonds is 3. The largest absolute Gasteiger partial charge is 0.461 e. The minimum absolute atomic E-state index is 0.130. The van der Waals surface area contributed by atoms with Crippen LogP contribution in [0.2, 0.25) is 0 Å². The quantitative estimate of drug-likeness (QED) is 0.700. The summed E-state index contributed by atoms with van der Waals surface area (Å²) in [6.45, 7) is 3.38. The maximum atomic E-state index is 11.2. The highest BCUT2D eigenvalue weighted by Crippen LogP contribution is 2.13. The van der Waals surface area contributed by atoms with Crippen molar-refractivity contribution in [2.24, 2.45) is 0 Å². The van der Waals surface area contributed by atoms with Gasteiger partial charge in [0.15, 0.2) is 11.5 Å². The Morgan fingerprint density at radius 1 is 1.69 bits per heavy atom. The highest BCUT2D eigenvalue weighted by Gasteiger charge is 2.18. The Morgan fingerprint density at radius 2 is 2.38 bits per heavy atom. The van der Waals surface area contributed by atoms with Crippen molar-refractivity contribution in [1.29, 1.82) is 0 Å². The van der Waals surface area contributed by atoms with Crippen LogP contribution in [-0.2, 0) is 11.3 Å². The second kappa shape index (κ2) is 4.04. The smallest absolute Gasteiger partial charge is 0.360 e. The second-order valence-electron chi connectivity index (χ2n) is 2.46. The third-order valence-corrected chi connectivity index (χ3v) is 1.63. The van der Waals surface area contributed by atoms with Gasteiger partial charge in [0.05, 0.1) is 6.61 Å². The van der Waals surface area contributed by atoms with Crippen LogP contribution in [-0.4, -0.2) is 22.8 Å². The molecule has 1 heterocycles. The summed E-state index contributed by atoms with van der Waals surface area (Å²) in [4.78, 5) is 11.2. The molecular weight excluding hydrogens is 174 g/mol. The van der Waals surface area contributed by atoms with Gasteiger partial charge in [0, 0.05) is 5.56 Å². The first-order valence-corrected chi connectivity index (χ1v) is 3.93. The molecule has 72 valence electrons. The fourth-order valence-corrected chi connectivity index (χ4v) is 0.907. The van der Waals surface area contributed by atoms with E-state index in [2.05, 4.69) is 5.16 Å². The monoisotopic (exact) mass is 185 g/mol. The average Bonchev–Trinajstić information content (AvgIpc) is 2.47. The summed E-state index contributed by atoms with van der Waals surface area (Å²) < 4.78 is 9.43. The zero-order chi connectivity index (χ0) is 9.84. The van der Waals surface area contributed by atoms with Crippen LogP contribution in [0.15, 0.2) is 4.52 Å². The third kappa shape index (κ3) is 1.86. The molecule has 1 aromatic heterocycles. The molecule has 13 heavy (non-hydrogen) atoms. The van der Waals surface area contributed by atoms with Crippen molar-refractivity contribution in [2.75, 3.05) is 6.61 Å². The normalized spacial score (nSPS) is 10.1. The summed E-state index contributed by atoms with van der Waals surface area (Å²) in [6, 6.07) is 0. The number of aromatic nitrogens is 1. The standard InChI is InChI=1S/C8H11NO4/c1-3-12-8(11)7-5(2)6(4-10)13-9-7/h10H,3-4H2,1-2H3. The fourth-order valence-electron chi connectivity index (χ4n) is 0.907. The highest BCUT2D eigenvalue weighted by atomic mass is 16.5. The van der Waals surface area contributed by atoms with E-state index < -0.39 is 5.97 Å². The zero-order valence-corrected chi connectivity index (χ0v) is 7.53. The number of aliphatic hydroxyl groups excluding tert-OH is 1. The minimum Gasteiger partial charge on any atom is -0.461 e. The van der Waals surface area contributed by atoms with E-state index in [1.165, 1.54) is 0 Å². The number of esters is 1. The number of aliphatic hydroxyl groups is 1. The molecule has 1 N–H and O–H groups in total. The van der Waals surface area contributed by atoms with Crippen LogP contribution in [0.4, 0.5) is 0 Å². The maximum absolute atomic E-state index is 11.2. The van der Waals surface area contributed by atoms with Crippen molar-refractivity contribution < 1.29 is 19.2 Å². The highest BCUT2D eigenvalue weighted by molar-refractivity contribution is 5.88. The summed E-state index contributed by atoms with van der Waals surface area (Å²) in [6.07, 6.45) is 0. The molecule has 5 nitrogen and oxygen atoms in total. The van der Waals surface area contributed by atoms with Gasteiger partial charge < -0.3 is 14.4 Å². The van der Waals surface area contributed by atoms with E-state index in [0.29, 0.717) is 17.9 Å². The predicted molar refractivity (Wildman–Crippen MR) is 43.1 cm³/mol. The Bertz CT molecular complexity index is 305. The molecule has 0 unspecified atom stereocenters. The molecule has 0 aliphatic carbocycles. The molecular formula is C8H11NO4. The molecule has 0 bridgehead atoms. The first kappa shape index (κ1) is 9.73. The lowest BCUT2D eigenvalue weighted by atomic mass is 10.2. The van der Waals surface area contributed by atoms with Crippen LogP contribution < -0.4 is 0 Å². The molecule has 0 saturated heterocycles. The summed E-state index contributed by atoms with van der Waals surface area (Å²) >= 11 is 0. The Labute approximate surface area is 75.3 Å². The van der Waals surface area contributed by atoms with Crippen molar-refractivity contribution in [3.05, 3.63) is 17.0 Å². The average molecular weight is 185 g/mol. The van der Waals surface area contributed by atoms with Gasteiger partial charge in [-0.1, -0.05) is 5.16 Å². The van der Waals surface area contributed by atoms with Gasteiger partial charge in [-0.15, -0.1) is 0 Å². The fraction of sp³-hybridized carbons (Fsp3) is 0.500. The van der Waals surface area contributed by atoms with E-state index in [1.807, 2.05) is 0 Å². The third-order valence-electron chi connectivity index (χ3n) is 1.63. The number of hydrogen-bond donors (Lipinski definition) is 1. The van der Waals surface area contributed by atoms with Gasteiger partial charge in [-0.3, -0.25) is 0 Å². The Balaban J connectivity index is 2.89. The molecule has 0 aliphatic rings. The van der Waals surface area contributed by atoms with Crippen LogP contribution in [0.5, 0.6) is 0 Å². The molecule has 1 aromatic rings. The first-order chi connectivity index (χ1) is 6.20. The number of carbonyl (C=O) groups is 1.